The van der Waals surface area contributed by atoms with Crippen LogP contribution in [-0.2, 0) is 16.1 Å². The molecule has 0 N–H and O–H groups in total. The molecule has 1 aromatic heterocycles. The summed E-state index contributed by atoms with van der Waals surface area (Å²) in [6, 6.07) is 9.72. The maximum absolute atomic E-state index is 12.8. The highest BCUT2D eigenvalue weighted by Crippen LogP contribution is 2.26. The Kier molecular flexibility index (Phi) is 4.87. The van der Waals surface area contributed by atoms with Gasteiger partial charge in [-0.1, -0.05) is 18.2 Å². The molecule has 3 rings (SSSR count). The molecule has 0 spiro atoms. The molecule has 1 aromatic carbocycles. The Hall–Kier alpha value is -2.98. The van der Waals surface area contributed by atoms with E-state index in [0.717, 1.165) is 16.5 Å². The van der Waals surface area contributed by atoms with Crippen molar-refractivity contribution in [2.24, 2.45) is 0 Å². The zero-order valence-electron chi connectivity index (χ0n) is 14.6. The molecule has 0 unspecified atom stereocenters. The van der Waals surface area contributed by atoms with Gasteiger partial charge >= 0.3 is 0 Å². The van der Waals surface area contributed by atoms with Gasteiger partial charge in [0.15, 0.2) is 5.11 Å². The van der Waals surface area contributed by atoms with Crippen molar-refractivity contribution in [2.45, 2.75) is 20.4 Å². The van der Waals surface area contributed by atoms with Gasteiger partial charge in [0.25, 0.3) is 11.8 Å². The summed E-state index contributed by atoms with van der Waals surface area (Å²) in [5.74, 6) is -0.770. The van der Waals surface area contributed by atoms with Crippen LogP contribution in [0.5, 0.6) is 0 Å². The number of aromatic nitrogens is 1. The molecule has 0 radical (unpaired) electrons. The number of nitriles is 1. The first-order valence-corrected chi connectivity index (χ1v) is 8.78. The van der Waals surface area contributed by atoms with E-state index < -0.39 is 0 Å². The fraction of sp³-hybridized carbons (Fsp3) is 0.263. The molecule has 2 amide bonds. The van der Waals surface area contributed by atoms with E-state index in [0.29, 0.717) is 13.1 Å². The standard InChI is InChI=1S/C19H18N4O2S/c1-3-22-17(24)15(18(25)23(4-2)19(22)26)11-13-12-21(10-9-20)16-8-6-5-7-14(13)16/h5-8,11-12H,3-4,10H2,1-2H3. The van der Waals surface area contributed by atoms with Gasteiger partial charge in [-0.05, 0) is 38.2 Å². The van der Waals surface area contributed by atoms with Crippen LogP contribution >= 0.6 is 12.2 Å². The van der Waals surface area contributed by atoms with E-state index in [4.69, 9.17) is 17.5 Å². The van der Waals surface area contributed by atoms with Crippen LogP contribution in [0.25, 0.3) is 17.0 Å². The molecule has 132 valence electrons. The third-order valence-corrected chi connectivity index (χ3v) is 4.85. The lowest BCUT2D eigenvalue weighted by Crippen LogP contribution is -2.55. The largest absolute Gasteiger partial charge is 0.333 e. The molecule has 1 aliphatic heterocycles. The summed E-state index contributed by atoms with van der Waals surface area (Å²) in [5.41, 5.74) is 1.70. The van der Waals surface area contributed by atoms with Crippen LogP contribution < -0.4 is 0 Å². The van der Waals surface area contributed by atoms with E-state index in [2.05, 4.69) is 6.07 Å². The molecule has 0 bridgehead atoms. The van der Waals surface area contributed by atoms with E-state index in [1.54, 1.807) is 16.8 Å². The van der Waals surface area contributed by atoms with Gasteiger partial charge in [0, 0.05) is 35.8 Å². The fourth-order valence-electron chi connectivity index (χ4n) is 3.14. The van der Waals surface area contributed by atoms with E-state index in [-0.39, 0.29) is 29.0 Å². The Bertz CT molecular complexity index is 955. The molecule has 2 heterocycles. The average Bonchev–Trinajstić information content (AvgIpc) is 2.98. The van der Waals surface area contributed by atoms with E-state index in [9.17, 15) is 9.59 Å². The zero-order valence-corrected chi connectivity index (χ0v) is 15.4. The Morgan fingerprint density at radius 2 is 1.73 bits per heavy atom. The number of benzene rings is 1. The van der Waals surface area contributed by atoms with Crippen LogP contribution in [0, 0.1) is 11.3 Å². The normalized spacial score (nSPS) is 15.0. The number of rotatable bonds is 4. The van der Waals surface area contributed by atoms with Crippen molar-refractivity contribution in [3.05, 3.63) is 41.6 Å². The minimum absolute atomic E-state index is 0.0853. The lowest BCUT2D eigenvalue weighted by Gasteiger charge is -2.35. The first-order valence-electron chi connectivity index (χ1n) is 8.37. The summed E-state index contributed by atoms with van der Waals surface area (Å²) in [6.45, 7) is 4.64. The summed E-state index contributed by atoms with van der Waals surface area (Å²) in [4.78, 5) is 28.4. The van der Waals surface area contributed by atoms with E-state index >= 15 is 0 Å². The van der Waals surface area contributed by atoms with Crippen molar-refractivity contribution in [1.29, 1.82) is 5.26 Å². The van der Waals surface area contributed by atoms with Crippen molar-refractivity contribution < 1.29 is 9.59 Å². The number of carbonyl (C=O) groups is 2. The molecule has 1 fully saturated rings. The van der Waals surface area contributed by atoms with Gasteiger partial charge in [0.05, 0.1) is 6.07 Å². The summed E-state index contributed by atoms with van der Waals surface area (Å²) < 4.78 is 1.80. The van der Waals surface area contributed by atoms with Crippen LogP contribution in [-0.4, -0.2) is 44.4 Å². The molecule has 0 atom stereocenters. The minimum atomic E-state index is -0.385. The molecule has 2 aromatic rings. The molecule has 0 aliphatic carbocycles. The second kappa shape index (κ2) is 7.10. The molecule has 1 saturated heterocycles. The van der Waals surface area contributed by atoms with Crippen molar-refractivity contribution >= 4 is 46.1 Å². The number of hydrogen-bond donors (Lipinski definition) is 0. The number of amides is 2. The van der Waals surface area contributed by atoms with Gasteiger partial charge in [0.2, 0.25) is 0 Å². The fourth-order valence-corrected chi connectivity index (χ4v) is 3.56. The zero-order chi connectivity index (χ0) is 18.8. The van der Waals surface area contributed by atoms with Crippen LogP contribution in [0.15, 0.2) is 36.0 Å². The van der Waals surface area contributed by atoms with Gasteiger partial charge in [-0.3, -0.25) is 19.4 Å². The minimum Gasteiger partial charge on any atom is -0.333 e. The first-order chi connectivity index (χ1) is 12.5. The van der Waals surface area contributed by atoms with Crippen molar-refractivity contribution in [1.82, 2.24) is 14.4 Å². The van der Waals surface area contributed by atoms with Crippen LogP contribution in [0.3, 0.4) is 0 Å². The quantitative estimate of drug-likeness (QED) is 0.474. The number of carbonyl (C=O) groups excluding carboxylic acids is 2. The number of likely N-dealkylation sites (N-methyl/N-ethyl adjacent to an activating group) is 2. The Balaban J connectivity index is 2.16. The highest BCUT2D eigenvalue weighted by molar-refractivity contribution is 7.80. The van der Waals surface area contributed by atoms with Crippen molar-refractivity contribution in [3.63, 3.8) is 0 Å². The van der Waals surface area contributed by atoms with Gasteiger partial charge in [-0.15, -0.1) is 0 Å². The van der Waals surface area contributed by atoms with Crippen molar-refractivity contribution in [3.8, 4) is 6.07 Å². The summed E-state index contributed by atoms with van der Waals surface area (Å²) >= 11 is 5.28. The summed E-state index contributed by atoms with van der Waals surface area (Å²) in [5, 5.41) is 10.2. The predicted molar refractivity (Wildman–Crippen MR) is 103 cm³/mol. The van der Waals surface area contributed by atoms with Crippen LogP contribution in [0.2, 0.25) is 0 Å². The maximum atomic E-state index is 12.8. The van der Waals surface area contributed by atoms with Gasteiger partial charge in [0.1, 0.15) is 12.1 Å². The molecule has 26 heavy (non-hydrogen) atoms. The van der Waals surface area contributed by atoms with E-state index in [1.807, 2.05) is 38.1 Å². The highest BCUT2D eigenvalue weighted by Gasteiger charge is 2.37. The monoisotopic (exact) mass is 366 g/mol. The summed E-state index contributed by atoms with van der Waals surface area (Å²) in [7, 11) is 0. The first kappa shape index (κ1) is 17.8. The molecule has 7 heteroatoms. The maximum Gasteiger partial charge on any atom is 0.265 e. The van der Waals surface area contributed by atoms with Crippen molar-refractivity contribution in [2.75, 3.05) is 13.1 Å². The molecule has 6 nitrogen and oxygen atoms in total. The number of thiocarbonyl (C=S) groups is 1. The second-order valence-corrected chi connectivity index (χ2v) is 6.19. The molecular formula is C19H18N4O2S. The number of fused-ring (bicyclic) bond motifs is 1. The molecular weight excluding hydrogens is 348 g/mol. The summed E-state index contributed by atoms with van der Waals surface area (Å²) in [6.07, 6.45) is 3.40. The average molecular weight is 366 g/mol. The smallest absolute Gasteiger partial charge is 0.265 e. The van der Waals surface area contributed by atoms with Gasteiger partial charge in [-0.2, -0.15) is 5.26 Å². The third kappa shape index (κ3) is 2.78. The number of para-hydroxylation sites is 1. The second-order valence-electron chi connectivity index (χ2n) is 5.83. The molecule has 0 saturated carbocycles. The van der Waals surface area contributed by atoms with E-state index in [1.165, 1.54) is 9.80 Å². The van der Waals surface area contributed by atoms with Crippen LogP contribution in [0.4, 0.5) is 0 Å². The highest BCUT2D eigenvalue weighted by atomic mass is 32.1. The number of hydrogen-bond acceptors (Lipinski definition) is 4. The predicted octanol–water partition coefficient (Wildman–Crippen LogP) is 2.54. The SMILES string of the molecule is CCN1C(=O)C(=Cc2cn(CC#N)c3ccccc23)C(=O)N(CC)C1=S. The topological polar surface area (TPSA) is 69.3 Å². The van der Waals surface area contributed by atoms with Gasteiger partial charge < -0.3 is 4.57 Å². The Labute approximate surface area is 156 Å². The third-order valence-electron chi connectivity index (χ3n) is 4.41. The Morgan fingerprint density at radius 3 is 2.31 bits per heavy atom. The Morgan fingerprint density at radius 1 is 1.12 bits per heavy atom. The van der Waals surface area contributed by atoms with Crippen LogP contribution in [0.1, 0.15) is 19.4 Å². The lowest BCUT2D eigenvalue weighted by atomic mass is 10.1. The lowest BCUT2D eigenvalue weighted by molar-refractivity contribution is -0.133. The number of nitrogens with zero attached hydrogens (tertiary/aromatic N) is 4. The van der Waals surface area contributed by atoms with Gasteiger partial charge in [-0.25, -0.2) is 0 Å². The molecule has 1 aliphatic rings.